The molecule has 8 fully saturated rings. The summed E-state index contributed by atoms with van der Waals surface area (Å²) >= 11 is 0. The zero-order valence-electron chi connectivity index (χ0n) is 17.1. The third-order valence-electron chi connectivity index (χ3n) is 10.6. The van der Waals surface area contributed by atoms with E-state index >= 15 is 0 Å². The van der Waals surface area contributed by atoms with Crippen molar-refractivity contribution in [2.45, 2.75) is 89.6 Å². The topological polar surface area (TPSA) is 26.3 Å². The zero-order valence-corrected chi connectivity index (χ0v) is 17.1. The minimum absolute atomic E-state index is 0.163. The van der Waals surface area contributed by atoms with Crippen LogP contribution in [0.5, 0.6) is 0 Å². The first-order valence-electron chi connectivity index (χ1n) is 11.8. The Labute approximate surface area is 164 Å². The van der Waals surface area contributed by atoms with Crippen molar-refractivity contribution in [2.24, 2.45) is 46.3 Å². The second-order valence-electron chi connectivity index (χ2n) is 12.1. The number of rotatable bonds is 4. The SMILES string of the molecule is C=CC(=O)OC(C)(C12CC3CC(CC(C3)C1)C2)C12CC3CC(CC(C3)C1)C2. The Morgan fingerprint density at radius 3 is 1.33 bits per heavy atom. The first-order valence-corrected chi connectivity index (χ1v) is 11.8. The quantitative estimate of drug-likeness (QED) is 0.456. The summed E-state index contributed by atoms with van der Waals surface area (Å²) < 4.78 is 6.60. The lowest BCUT2D eigenvalue weighted by molar-refractivity contribution is -0.270. The minimum atomic E-state index is -0.280. The second-order valence-corrected chi connectivity index (χ2v) is 12.1. The van der Waals surface area contributed by atoms with Crippen molar-refractivity contribution >= 4 is 5.97 Å². The lowest BCUT2D eigenvalue weighted by Crippen LogP contribution is -2.68. The van der Waals surface area contributed by atoms with Gasteiger partial charge < -0.3 is 4.74 Å². The average Bonchev–Trinajstić information content (AvgIpc) is 2.59. The molecule has 27 heavy (non-hydrogen) atoms. The summed E-state index contributed by atoms with van der Waals surface area (Å²) in [6, 6.07) is 0. The van der Waals surface area contributed by atoms with Gasteiger partial charge in [-0.1, -0.05) is 6.58 Å². The fourth-order valence-electron chi connectivity index (χ4n) is 10.4. The van der Waals surface area contributed by atoms with Crippen LogP contribution in [-0.4, -0.2) is 11.6 Å². The van der Waals surface area contributed by atoms with Gasteiger partial charge >= 0.3 is 5.97 Å². The van der Waals surface area contributed by atoms with Gasteiger partial charge in [-0.25, -0.2) is 4.79 Å². The van der Waals surface area contributed by atoms with E-state index in [1.807, 2.05) is 0 Å². The van der Waals surface area contributed by atoms with Crippen LogP contribution < -0.4 is 0 Å². The average molecular weight is 369 g/mol. The highest BCUT2D eigenvalue weighted by molar-refractivity contribution is 5.81. The third-order valence-corrected chi connectivity index (χ3v) is 10.6. The second kappa shape index (κ2) is 5.42. The molecule has 0 heterocycles. The van der Waals surface area contributed by atoms with E-state index in [9.17, 15) is 4.79 Å². The van der Waals surface area contributed by atoms with E-state index in [-0.39, 0.29) is 22.4 Å². The Morgan fingerprint density at radius 2 is 1.07 bits per heavy atom. The minimum Gasteiger partial charge on any atom is -0.455 e. The number of carbonyl (C=O) groups excluding carboxylic acids is 1. The van der Waals surface area contributed by atoms with E-state index in [1.54, 1.807) is 0 Å². The molecule has 0 N–H and O–H groups in total. The maximum Gasteiger partial charge on any atom is 0.330 e. The number of hydrogen-bond donors (Lipinski definition) is 0. The highest BCUT2D eigenvalue weighted by atomic mass is 16.6. The summed E-state index contributed by atoms with van der Waals surface area (Å²) in [4.78, 5) is 12.7. The lowest BCUT2D eigenvalue weighted by atomic mass is 9.37. The van der Waals surface area contributed by atoms with E-state index in [0.717, 1.165) is 35.5 Å². The van der Waals surface area contributed by atoms with Crippen molar-refractivity contribution in [1.29, 1.82) is 0 Å². The molecule has 0 aliphatic heterocycles. The van der Waals surface area contributed by atoms with Gasteiger partial charge in [0.25, 0.3) is 0 Å². The first-order chi connectivity index (χ1) is 12.9. The fourth-order valence-corrected chi connectivity index (χ4v) is 10.4. The molecule has 0 amide bonds. The molecule has 8 aliphatic carbocycles. The molecule has 8 aliphatic rings. The zero-order chi connectivity index (χ0) is 18.4. The Morgan fingerprint density at radius 1 is 0.778 bits per heavy atom. The number of ether oxygens (including phenoxy) is 1. The smallest absolute Gasteiger partial charge is 0.330 e. The molecule has 0 aromatic rings. The molecule has 0 aromatic carbocycles. The highest BCUT2D eigenvalue weighted by Crippen LogP contribution is 2.73. The highest BCUT2D eigenvalue weighted by Gasteiger charge is 2.70. The van der Waals surface area contributed by atoms with E-state index in [0.29, 0.717) is 0 Å². The van der Waals surface area contributed by atoms with E-state index in [2.05, 4.69) is 13.5 Å². The molecule has 0 atom stereocenters. The number of carbonyl (C=O) groups is 1. The van der Waals surface area contributed by atoms with Crippen LogP contribution in [0, 0.1) is 46.3 Å². The molecule has 0 radical (unpaired) electrons. The van der Waals surface area contributed by atoms with Crippen LogP contribution >= 0.6 is 0 Å². The van der Waals surface area contributed by atoms with Crippen LogP contribution in [0.1, 0.15) is 84.0 Å². The molecule has 8 rings (SSSR count). The van der Waals surface area contributed by atoms with Crippen LogP contribution in [0.2, 0.25) is 0 Å². The molecule has 0 unspecified atom stereocenters. The Balaban J connectivity index is 1.46. The van der Waals surface area contributed by atoms with Gasteiger partial charge in [-0.2, -0.15) is 0 Å². The predicted molar refractivity (Wildman–Crippen MR) is 106 cm³/mol. The van der Waals surface area contributed by atoms with E-state index < -0.39 is 0 Å². The van der Waals surface area contributed by atoms with Gasteiger partial charge in [-0.3, -0.25) is 0 Å². The van der Waals surface area contributed by atoms with Gasteiger partial charge in [-0.05, 0) is 119 Å². The summed E-state index contributed by atoms with van der Waals surface area (Å²) in [5.74, 6) is 5.21. The predicted octanol–water partition coefficient (Wildman–Crippen LogP) is 5.91. The van der Waals surface area contributed by atoms with Crippen LogP contribution in [0.3, 0.4) is 0 Å². The van der Waals surface area contributed by atoms with Crippen LogP contribution in [-0.2, 0) is 9.53 Å². The molecule has 2 heteroatoms. The van der Waals surface area contributed by atoms with Gasteiger partial charge in [0.2, 0.25) is 0 Å². The van der Waals surface area contributed by atoms with E-state index in [4.69, 9.17) is 4.74 Å². The van der Waals surface area contributed by atoms with Gasteiger partial charge in [0.15, 0.2) is 0 Å². The maximum atomic E-state index is 12.7. The van der Waals surface area contributed by atoms with Crippen molar-refractivity contribution in [3.8, 4) is 0 Å². The monoisotopic (exact) mass is 368 g/mol. The van der Waals surface area contributed by atoms with E-state index in [1.165, 1.54) is 83.1 Å². The summed E-state index contributed by atoms with van der Waals surface area (Å²) in [5.41, 5.74) is 0.204. The normalized spacial score (nSPS) is 54.0. The molecule has 0 spiro atoms. The molecule has 8 bridgehead atoms. The molecular formula is C25H36O2. The summed E-state index contributed by atoms with van der Waals surface area (Å²) in [7, 11) is 0. The van der Waals surface area contributed by atoms with Crippen molar-refractivity contribution < 1.29 is 9.53 Å². The molecule has 2 nitrogen and oxygen atoms in total. The largest absolute Gasteiger partial charge is 0.455 e. The first kappa shape index (κ1) is 17.1. The van der Waals surface area contributed by atoms with Crippen molar-refractivity contribution in [1.82, 2.24) is 0 Å². The number of hydrogen-bond acceptors (Lipinski definition) is 2. The van der Waals surface area contributed by atoms with Gasteiger partial charge in [0.05, 0.1) is 0 Å². The Hall–Kier alpha value is -0.790. The standard InChI is InChI=1S/C25H36O2/c1-3-22(26)27-23(2,24-10-16-4-17(11-24)6-18(5-16)12-24)25-13-19-7-20(14-25)9-21(8-19)15-25/h3,16-21H,1,4-15H2,2H3. The van der Waals surface area contributed by atoms with Crippen LogP contribution in [0.15, 0.2) is 12.7 Å². The maximum absolute atomic E-state index is 12.7. The van der Waals surface area contributed by atoms with Gasteiger partial charge in [0, 0.05) is 16.9 Å². The fraction of sp³-hybridized carbons (Fsp3) is 0.880. The molecule has 0 aromatic heterocycles. The Kier molecular flexibility index (Phi) is 3.43. The molecule has 148 valence electrons. The van der Waals surface area contributed by atoms with Crippen molar-refractivity contribution in [3.63, 3.8) is 0 Å². The lowest BCUT2D eigenvalue weighted by Gasteiger charge is -2.70. The molecule has 0 saturated heterocycles. The summed E-state index contributed by atoms with van der Waals surface area (Å²) in [5, 5.41) is 0. The molecular weight excluding hydrogens is 332 g/mol. The number of esters is 1. The van der Waals surface area contributed by atoms with Gasteiger partial charge in [-0.15, -0.1) is 0 Å². The summed E-state index contributed by atoms with van der Waals surface area (Å²) in [6.07, 6.45) is 18.1. The van der Waals surface area contributed by atoms with Crippen LogP contribution in [0.25, 0.3) is 0 Å². The van der Waals surface area contributed by atoms with Crippen molar-refractivity contribution in [2.75, 3.05) is 0 Å². The van der Waals surface area contributed by atoms with Gasteiger partial charge in [0.1, 0.15) is 5.60 Å². The Bertz CT molecular complexity index is 559. The molecule has 8 saturated carbocycles. The summed E-state index contributed by atoms with van der Waals surface area (Å²) in [6.45, 7) is 6.17. The van der Waals surface area contributed by atoms with Crippen molar-refractivity contribution in [3.05, 3.63) is 12.7 Å². The third kappa shape index (κ3) is 2.22. The van der Waals surface area contributed by atoms with Crippen LogP contribution in [0.4, 0.5) is 0 Å².